The van der Waals surface area contributed by atoms with Crippen molar-refractivity contribution in [3.05, 3.63) is 16.0 Å². The first-order valence-electron chi connectivity index (χ1n) is 9.74. The van der Waals surface area contributed by atoms with Crippen molar-refractivity contribution in [2.75, 3.05) is 19.0 Å². The molecule has 2 atom stereocenters. The average Bonchev–Trinajstić information content (AvgIpc) is 3.06. The fourth-order valence-electron chi connectivity index (χ4n) is 3.24. The molecule has 0 spiro atoms. The Bertz CT molecular complexity index is 788. The summed E-state index contributed by atoms with van der Waals surface area (Å²) < 4.78 is 9.95. The zero-order chi connectivity index (χ0) is 21.6. The van der Waals surface area contributed by atoms with Crippen LogP contribution in [0.15, 0.2) is 0 Å². The van der Waals surface area contributed by atoms with Gasteiger partial charge in [-0.1, -0.05) is 20.3 Å². The lowest BCUT2D eigenvalue weighted by atomic mass is 9.95. The molecule has 0 unspecified atom stereocenters. The molecule has 160 valence electrons. The summed E-state index contributed by atoms with van der Waals surface area (Å²) in [6.07, 6.45) is 4.26. The molecule has 9 heteroatoms. The van der Waals surface area contributed by atoms with Gasteiger partial charge in [0, 0.05) is 11.8 Å². The Labute approximate surface area is 174 Å². The number of thiophene rings is 1. The molecule has 29 heavy (non-hydrogen) atoms. The molecule has 1 aliphatic carbocycles. The SMILES string of the molecule is CC[C@@H](C)[C@@H](NC(=O)COC(=O)c1c(NC(C)=O)sc2c1CCCC2)C(=O)OC. The predicted molar refractivity (Wildman–Crippen MR) is 109 cm³/mol. The van der Waals surface area contributed by atoms with E-state index in [-0.39, 0.29) is 11.8 Å². The lowest BCUT2D eigenvalue weighted by Crippen LogP contribution is -2.47. The zero-order valence-corrected chi connectivity index (χ0v) is 18.1. The number of carbonyl (C=O) groups is 4. The van der Waals surface area contributed by atoms with Gasteiger partial charge in [-0.15, -0.1) is 11.3 Å². The monoisotopic (exact) mass is 424 g/mol. The summed E-state index contributed by atoms with van der Waals surface area (Å²) in [5.74, 6) is -2.18. The molecule has 2 rings (SSSR count). The van der Waals surface area contributed by atoms with Crippen LogP contribution in [0.4, 0.5) is 5.00 Å². The van der Waals surface area contributed by atoms with E-state index in [1.807, 2.05) is 13.8 Å². The van der Waals surface area contributed by atoms with E-state index in [0.29, 0.717) is 17.0 Å². The molecule has 1 aromatic heterocycles. The van der Waals surface area contributed by atoms with Crippen molar-refractivity contribution in [2.24, 2.45) is 5.92 Å². The van der Waals surface area contributed by atoms with Crippen LogP contribution in [-0.4, -0.2) is 43.5 Å². The van der Waals surface area contributed by atoms with Crippen LogP contribution in [0, 0.1) is 5.92 Å². The van der Waals surface area contributed by atoms with Gasteiger partial charge in [-0.25, -0.2) is 9.59 Å². The summed E-state index contributed by atoms with van der Waals surface area (Å²) >= 11 is 1.38. The molecule has 0 radical (unpaired) electrons. The number of fused-ring (bicyclic) bond motifs is 1. The van der Waals surface area contributed by atoms with Gasteiger partial charge in [-0.05, 0) is 37.2 Å². The van der Waals surface area contributed by atoms with Gasteiger partial charge in [0.1, 0.15) is 11.0 Å². The van der Waals surface area contributed by atoms with Crippen LogP contribution in [0.25, 0.3) is 0 Å². The molecule has 1 heterocycles. The number of rotatable bonds is 8. The number of amides is 2. The standard InChI is InChI=1S/C20H28N2O6S/c1-5-11(2)17(20(26)27-4)22-15(24)10-28-19(25)16-13-8-6-7-9-14(13)29-18(16)21-12(3)23/h11,17H,5-10H2,1-4H3,(H,21,23)(H,22,24)/t11-,17-/m1/s1. The molecule has 0 bridgehead atoms. The van der Waals surface area contributed by atoms with Crippen molar-refractivity contribution in [3.8, 4) is 0 Å². The molecule has 8 nitrogen and oxygen atoms in total. The highest BCUT2D eigenvalue weighted by molar-refractivity contribution is 7.17. The van der Waals surface area contributed by atoms with E-state index in [4.69, 9.17) is 9.47 Å². The summed E-state index contributed by atoms with van der Waals surface area (Å²) in [7, 11) is 1.26. The Hall–Kier alpha value is -2.42. The van der Waals surface area contributed by atoms with Crippen molar-refractivity contribution in [1.82, 2.24) is 5.32 Å². The first kappa shape index (κ1) is 22.9. The summed E-state index contributed by atoms with van der Waals surface area (Å²) in [6, 6.07) is -0.806. The van der Waals surface area contributed by atoms with Crippen LogP contribution in [0.3, 0.4) is 0 Å². The minimum Gasteiger partial charge on any atom is -0.467 e. The molecule has 0 saturated carbocycles. The lowest BCUT2D eigenvalue weighted by Gasteiger charge is -2.21. The van der Waals surface area contributed by atoms with Crippen LogP contribution < -0.4 is 10.6 Å². The highest BCUT2D eigenvalue weighted by Crippen LogP contribution is 2.38. The molecule has 2 N–H and O–H groups in total. The predicted octanol–water partition coefficient (Wildman–Crippen LogP) is 2.45. The first-order valence-corrected chi connectivity index (χ1v) is 10.6. The van der Waals surface area contributed by atoms with Crippen LogP contribution in [0.1, 0.15) is 60.8 Å². The minimum atomic E-state index is -0.806. The van der Waals surface area contributed by atoms with E-state index >= 15 is 0 Å². The highest BCUT2D eigenvalue weighted by atomic mass is 32.1. The van der Waals surface area contributed by atoms with Gasteiger partial charge in [0.05, 0.1) is 12.7 Å². The molecule has 0 aromatic carbocycles. The molecule has 1 aliphatic rings. The maximum Gasteiger partial charge on any atom is 0.341 e. The Kier molecular flexibility index (Phi) is 8.19. The lowest BCUT2D eigenvalue weighted by molar-refractivity contribution is -0.147. The van der Waals surface area contributed by atoms with Crippen molar-refractivity contribution in [2.45, 2.75) is 58.9 Å². The molecule has 2 amide bonds. The molecule has 0 aliphatic heterocycles. The number of methoxy groups -OCH3 is 1. The quantitative estimate of drug-likeness (QED) is 0.620. The van der Waals surface area contributed by atoms with Gasteiger partial charge >= 0.3 is 11.9 Å². The van der Waals surface area contributed by atoms with E-state index < -0.39 is 30.5 Å². The summed E-state index contributed by atoms with van der Waals surface area (Å²) in [5, 5.41) is 5.72. The summed E-state index contributed by atoms with van der Waals surface area (Å²) in [4.78, 5) is 49.4. The van der Waals surface area contributed by atoms with Crippen molar-refractivity contribution < 1.29 is 28.7 Å². The van der Waals surface area contributed by atoms with Crippen molar-refractivity contribution >= 4 is 40.1 Å². The minimum absolute atomic E-state index is 0.127. The van der Waals surface area contributed by atoms with Crippen LogP contribution in [-0.2, 0) is 36.7 Å². The smallest absolute Gasteiger partial charge is 0.341 e. The van der Waals surface area contributed by atoms with Gasteiger partial charge in [0.15, 0.2) is 6.61 Å². The normalized spacial score (nSPS) is 14.9. The van der Waals surface area contributed by atoms with Crippen molar-refractivity contribution in [1.29, 1.82) is 0 Å². The molecular formula is C20H28N2O6S. The number of nitrogens with one attached hydrogen (secondary N) is 2. The number of aryl methyl sites for hydroxylation is 1. The average molecular weight is 425 g/mol. The van der Waals surface area contributed by atoms with Gasteiger partial charge < -0.3 is 20.1 Å². The Morgan fingerprint density at radius 2 is 1.86 bits per heavy atom. The summed E-state index contributed by atoms with van der Waals surface area (Å²) in [5.41, 5.74) is 1.22. The van der Waals surface area contributed by atoms with Crippen molar-refractivity contribution in [3.63, 3.8) is 0 Å². The summed E-state index contributed by atoms with van der Waals surface area (Å²) in [6.45, 7) is 4.58. The first-order chi connectivity index (χ1) is 13.8. The van der Waals surface area contributed by atoms with Crippen LogP contribution >= 0.6 is 11.3 Å². The third kappa shape index (κ3) is 5.79. The highest BCUT2D eigenvalue weighted by Gasteiger charge is 2.29. The number of anilines is 1. The Morgan fingerprint density at radius 1 is 1.17 bits per heavy atom. The zero-order valence-electron chi connectivity index (χ0n) is 17.3. The van der Waals surface area contributed by atoms with E-state index in [0.717, 1.165) is 36.1 Å². The molecule has 0 fully saturated rings. The maximum absolute atomic E-state index is 12.7. The third-order valence-corrected chi connectivity index (χ3v) is 6.19. The topological polar surface area (TPSA) is 111 Å². The van der Waals surface area contributed by atoms with E-state index in [1.54, 1.807) is 0 Å². The number of carbonyl (C=O) groups excluding carboxylic acids is 4. The Balaban J connectivity index is 2.08. The molecule has 0 saturated heterocycles. The van der Waals surface area contributed by atoms with Crippen LogP contribution in [0.2, 0.25) is 0 Å². The number of ether oxygens (including phenoxy) is 2. The second-order valence-electron chi connectivity index (χ2n) is 7.13. The maximum atomic E-state index is 12.7. The van der Waals surface area contributed by atoms with Gasteiger partial charge in [-0.3, -0.25) is 9.59 Å². The molecular weight excluding hydrogens is 396 g/mol. The number of esters is 2. The van der Waals surface area contributed by atoms with E-state index in [1.165, 1.54) is 25.4 Å². The van der Waals surface area contributed by atoms with E-state index in [9.17, 15) is 19.2 Å². The van der Waals surface area contributed by atoms with Gasteiger partial charge in [0.25, 0.3) is 5.91 Å². The Morgan fingerprint density at radius 3 is 2.48 bits per heavy atom. The fourth-order valence-corrected chi connectivity index (χ4v) is 4.57. The van der Waals surface area contributed by atoms with Crippen LogP contribution in [0.5, 0.6) is 0 Å². The van der Waals surface area contributed by atoms with Gasteiger partial charge in [-0.2, -0.15) is 0 Å². The fraction of sp³-hybridized carbons (Fsp3) is 0.600. The number of hydrogen-bond donors (Lipinski definition) is 2. The second kappa shape index (κ2) is 10.4. The number of hydrogen-bond acceptors (Lipinski definition) is 7. The second-order valence-corrected chi connectivity index (χ2v) is 8.23. The molecule has 1 aromatic rings. The van der Waals surface area contributed by atoms with Gasteiger partial charge in [0.2, 0.25) is 5.91 Å². The van der Waals surface area contributed by atoms with E-state index in [2.05, 4.69) is 10.6 Å². The largest absolute Gasteiger partial charge is 0.467 e. The third-order valence-electron chi connectivity index (χ3n) is 4.98.